The van der Waals surface area contributed by atoms with Crippen LogP contribution in [0, 0.1) is 5.92 Å². The second-order valence-corrected chi connectivity index (χ2v) is 7.66. The van der Waals surface area contributed by atoms with E-state index in [4.69, 9.17) is 11.6 Å². The molecule has 2 nitrogen and oxygen atoms in total. The topological polar surface area (TPSA) is 15.3 Å². The molecule has 1 fully saturated rings. The van der Waals surface area contributed by atoms with Crippen molar-refractivity contribution in [2.75, 3.05) is 11.4 Å². The van der Waals surface area contributed by atoms with Gasteiger partial charge < -0.3 is 10.2 Å². The number of nitrogens with zero attached hydrogens (tertiary/aromatic N) is 1. The van der Waals surface area contributed by atoms with E-state index in [1.54, 1.807) is 0 Å². The van der Waals surface area contributed by atoms with Gasteiger partial charge in [-0.05, 0) is 63.8 Å². The van der Waals surface area contributed by atoms with Crippen LogP contribution in [0.4, 0.5) is 5.69 Å². The first-order valence-electron chi connectivity index (χ1n) is 7.56. The molecular formula is C17H27ClN2. The van der Waals surface area contributed by atoms with Crippen molar-refractivity contribution in [3.8, 4) is 0 Å². The molecule has 1 aromatic rings. The molecule has 0 amide bonds. The van der Waals surface area contributed by atoms with Gasteiger partial charge in [-0.15, -0.1) is 0 Å². The van der Waals surface area contributed by atoms with E-state index in [-0.39, 0.29) is 5.54 Å². The molecule has 0 bridgehead atoms. The van der Waals surface area contributed by atoms with Crippen molar-refractivity contribution in [2.45, 2.75) is 59.2 Å². The van der Waals surface area contributed by atoms with Gasteiger partial charge in [-0.1, -0.05) is 18.5 Å². The normalized spacial score (nSPS) is 23.4. The summed E-state index contributed by atoms with van der Waals surface area (Å²) in [5.41, 5.74) is 2.75. The first-order chi connectivity index (χ1) is 9.26. The molecule has 2 atom stereocenters. The van der Waals surface area contributed by atoms with E-state index >= 15 is 0 Å². The zero-order valence-corrected chi connectivity index (χ0v) is 14.1. The Morgan fingerprint density at radius 1 is 1.30 bits per heavy atom. The summed E-state index contributed by atoms with van der Waals surface area (Å²) in [6.07, 6.45) is 1.27. The monoisotopic (exact) mass is 294 g/mol. The van der Waals surface area contributed by atoms with Gasteiger partial charge in [0.15, 0.2) is 0 Å². The van der Waals surface area contributed by atoms with E-state index in [1.807, 2.05) is 6.07 Å². The molecule has 112 valence electrons. The zero-order chi connectivity index (χ0) is 14.9. The quantitative estimate of drug-likeness (QED) is 0.885. The SMILES string of the molecule is CC1CC(C)N(c2ccc(Cl)cc2CNC(C)(C)C)C1. The molecular weight excluding hydrogens is 268 g/mol. The third kappa shape index (κ3) is 3.89. The Morgan fingerprint density at radius 3 is 2.55 bits per heavy atom. The molecule has 0 spiro atoms. The summed E-state index contributed by atoms with van der Waals surface area (Å²) in [6, 6.07) is 6.90. The van der Waals surface area contributed by atoms with Gasteiger partial charge in [0.05, 0.1) is 0 Å². The predicted octanol–water partition coefficient (Wildman–Crippen LogP) is 4.46. The van der Waals surface area contributed by atoms with Crippen molar-refractivity contribution >= 4 is 17.3 Å². The van der Waals surface area contributed by atoms with Crippen LogP contribution in [-0.2, 0) is 6.54 Å². The lowest BCUT2D eigenvalue weighted by atomic mass is 10.1. The maximum absolute atomic E-state index is 6.19. The highest BCUT2D eigenvalue weighted by molar-refractivity contribution is 6.30. The molecule has 1 saturated heterocycles. The fraction of sp³-hybridized carbons (Fsp3) is 0.647. The maximum atomic E-state index is 6.19. The highest BCUT2D eigenvalue weighted by Crippen LogP contribution is 2.32. The minimum atomic E-state index is 0.115. The van der Waals surface area contributed by atoms with Crippen molar-refractivity contribution in [1.82, 2.24) is 5.32 Å². The first kappa shape index (κ1) is 15.7. The summed E-state index contributed by atoms with van der Waals surface area (Å²) in [5.74, 6) is 0.768. The fourth-order valence-corrected chi connectivity index (χ4v) is 3.17. The molecule has 1 N–H and O–H groups in total. The smallest absolute Gasteiger partial charge is 0.0415 e. The molecule has 1 aliphatic rings. The lowest BCUT2D eigenvalue weighted by molar-refractivity contribution is 0.424. The van der Waals surface area contributed by atoms with E-state index in [2.05, 4.69) is 57.0 Å². The highest BCUT2D eigenvalue weighted by Gasteiger charge is 2.27. The van der Waals surface area contributed by atoms with Gasteiger partial charge in [0.1, 0.15) is 0 Å². The molecule has 20 heavy (non-hydrogen) atoms. The van der Waals surface area contributed by atoms with E-state index in [0.717, 1.165) is 24.0 Å². The third-order valence-corrected chi connectivity index (χ3v) is 4.18. The standard InChI is InChI=1S/C17H27ClN2/c1-12-8-13(2)20(11-12)16-7-6-15(18)9-14(16)10-19-17(3,4)5/h6-7,9,12-13,19H,8,10-11H2,1-5H3. The van der Waals surface area contributed by atoms with E-state index in [0.29, 0.717) is 6.04 Å². The molecule has 0 aliphatic carbocycles. The van der Waals surface area contributed by atoms with Gasteiger partial charge in [0.2, 0.25) is 0 Å². The average molecular weight is 295 g/mol. The van der Waals surface area contributed by atoms with Gasteiger partial charge in [-0.3, -0.25) is 0 Å². The molecule has 1 aromatic carbocycles. The Morgan fingerprint density at radius 2 is 2.00 bits per heavy atom. The largest absolute Gasteiger partial charge is 0.368 e. The van der Waals surface area contributed by atoms with Gasteiger partial charge in [-0.25, -0.2) is 0 Å². The Balaban J connectivity index is 2.24. The predicted molar refractivity (Wildman–Crippen MR) is 88.6 cm³/mol. The zero-order valence-electron chi connectivity index (χ0n) is 13.3. The van der Waals surface area contributed by atoms with Crippen molar-refractivity contribution < 1.29 is 0 Å². The lowest BCUT2D eigenvalue weighted by Crippen LogP contribution is -2.36. The Hall–Kier alpha value is -0.730. The fourth-order valence-electron chi connectivity index (χ4n) is 2.97. The second-order valence-electron chi connectivity index (χ2n) is 7.22. The Labute approximate surface area is 128 Å². The Kier molecular flexibility index (Phi) is 4.66. The number of rotatable bonds is 3. The van der Waals surface area contributed by atoms with Crippen LogP contribution in [0.25, 0.3) is 0 Å². The number of halogens is 1. The maximum Gasteiger partial charge on any atom is 0.0415 e. The number of nitrogens with one attached hydrogen (secondary N) is 1. The summed E-state index contributed by atoms with van der Waals surface area (Å²) in [5, 5.41) is 4.39. The van der Waals surface area contributed by atoms with Gasteiger partial charge >= 0.3 is 0 Å². The van der Waals surface area contributed by atoms with E-state index < -0.39 is 0 Å². The van der Waals surface area contributed by atoms with Gasteiger partial charge in [-0.2, -0.15) is 0 Å². The van der Waals surface area contributed by atoms with Crippen LogP contribution in [-0.4, -0.2) is 18.1 Å². The summed E-state index contributed by atoms with van der Waals surface area (Å²) in [7, 11) is 0. The summed E-state index contributed by atoms with van der Waals surface area (Å²) >= 11 is 6.19. The van der Waals surface area contributed by atoms with Crippen LogP contribution >= 0.6 is 11.6 Å². The molecule has 1 aliphatic heterocycles. The van der Waals surface area contributed by atoms with Crippen molar-refractivity contribution in [1.29, 1.82) is 0 Å². The van der Waals surface area contributed by atoms with E-state index in [9.17, 15) is 0 Å². The van der Waals surface area contributed by atoms with Crippen LogP contribution in [0.2, 0.25) is 5.02 Å². The highest BCUT2D eigenvalue weighted by atomic mass is 35.5. The van der Waals surface area contributed by atoms with Crippen LogP contribution in [0.15, 0.2) is 18.2 Å². The minimum Gasteiger partial charge on any atom is -0.368 e. The minimum absolute atomic E-state index is 0.115. The van der Waals surface area contributed by atoms with Crippen molar-refractivity contribution in [3.63, 3.8) is 0 Å². The number of benzene rings is 1. The summed E-state index contributed by atoms with van der Waals surface area (Å²) < 4.78 is 0. The van der Waals surface area contributed by atoms with Crippen LogP contribution in [0.1, 0.15) is 46.6 Å². The molecule has 2 unspecified atom stereocenters. The van der Waals surface area contributed by atoms with Crippen molar-refractivity contribution in [2.24, 2.45) is 5.92 Å². The van der Waals surface area contributed by atoms with Gasteiger partial charge in [0, 0.05) is 35.4 Å². The second kappa shape index (κ2) is 5.95. The molecule has 0 aromatic heterocycles. The summed E-state index contributed by atoms with van der Waals surface area (Å²) in [4.78, 5) is 2.53. The van der Waals surface area contributed by atoms with Crippen LogP contribution in [0.5, 0.6) is 0 Å². The summed E-state index contributed by atoms with van der Waals surface area (Å²) in [6.45, 7) is 13.2. The third-order valence-electron chi connectivity index (χ3n) is 3.94. The lowest BCUT2D eigenvalue weighted by Gasteiger charge is -2.28. The van der Waals surface area contributed by atoms with Crippen LogP contribution in [0.3, 0.4) is 0 Å². The van der Waals surface area contributed by atoms with Crippen molar-refractivity contribution in [3.05, 3.63) is 28.8 Å². The molecule has 1 heterocycles. The number of hydrogen-bond acceptors (Lipinski definition) is 2. The van der Waals surface area contributed by atoms with Crippen LogP contribution < -0.4 is 10.2 Å². The molecule has 0 saturated carbocycles. The van der Waals surface area contributed by atoms with E-state index in [1.165, 1.54) is 17.7 Å². The number of hydrogen-bond donors (Lipinski definition) is 1. The number of anilines is 1. The Bertz CT molecular complexity index is 465. The molecule has 0 radical (unpaired) electrons. The van der Waals surface area contributed by atoms with Gasteiger partial charge in [0.25, 0.3) is 0 Å². The molecule has 2 rings (SSSR count). The molecule has 3 heteroatoms. The first-order valence-corrected chi connectivity index (χ1v) is 7.94. The average Bonchev–Trinajstić information content (AvgIpc) is 2.65.